The Hall–Kier alpha value is -1.92. The zero-order valence-electron chi connectivity index (χ0n) is 16.1. The Labute approximate surface area is 180 Å². The molecule has 0 spiro atoms. The van der Waals surface area contributed by atoms with Gasteiger partial charge in [-0.15, -0.1) is 0 Å². The lowest BCUT2D eigenvalue weighted by atomic mass is 9.93. The molecule has 0 N–H and O–H groups in total. The van der Waals surface area contributed by atoms with Crippen molar-refractivity contribution in [2.24, 2.45) is 0 Å². The van der Waals surface area contributed by atoms with Crippen LogP contribution in [0, 0.1) is 6.92 Å². The Kier molecular flexibility index (Phi) is 7.36. The first-order valence-electron chi connectivity index (χ1n) is 8.86. The summed E-state index contributed by atoms with van der Waals surface area (Å²) < 4.78 is 84.1. The highest BCUT2D eigenvalue weighted by molar-refractivity contribution is 6.43. The summed E-state index contributed by atoms with van der Waals surface area (Å²) in [6.07, 6.45) is -3.83. The fourth-order valence-corrected chi connectivity index (χ4v) is 3.36. The van der Waals surface area contributed by atoms with Crippen molar-refractivity contribution in [2.45, 2.75) is 38.3 Å². The molecule has 30 heavy (non-hydrogen) atoms. The van der Waals surface area contributed by atoms with Crippen molar-refractivity contribution in [1.82, 2.24) is 0 Å². The molecule has 0 saturated carbocycles. The van der Waals surface area contributed by atoms with Crippen LogP contribution in [0.1, 0.15) is 47.1 Å². The second-order valence-electron chi connectivity index (χ2n) is 6.73. The minimum atomic E-state index is -4.87. The van der Waals surface area contributed by atoms with Crippen LogP contribution in [-0.4, -0.2) is 6.18 Å². The number of aryl methyl sites for hydroxylation is 1. The molecular formula is C22H18Cl2F6. The molecule has 0 aromatic heterocycles. The molecule has 0 aliphatic heterocycles. The van der Waals surface area contributed by atoms with Crippen LogP contribution in [0.2, 0.25) is 10.0 Å². The molecule has 0 heterocycles. The Balaban J connectivity index is 2.61. The number of hydrogen-bond acceptors (Lipinski definition) is 0. The summed E-state index contributed by atoms with van der Waals surface area (Å²) in [5, 5.41) is -0.127. The average molecular weight is 467 g/mol. The van der Waals surface area contributed by atoms with Gasteiger partial charge in [0, 0.05) is 17.5 Å². The predicted octanol–water partition coefficient (Wildman–Crippen LogP) is 9.10. The third kappa shape index (κ3) is 5.22. The molecule has 1 atom stereocenters. The van der Waals surface area contributed by atoms with Crippen LogP contribution < -0.4 is 0 Å². The van der Waals surface area contributed by atoms with Crippen LogP contribution in [0.3, 0.4) is 0 Å². The lowest BCUT2D eigenvalue weighted by molar-refractivity contribution is -0.139. The summed E-state index contributed by atoms with van der Waals surface area (Å²) in [7, 11) is 0. The first kappa shape index (κ1) is 24.4. The molecule has 2 aromatic rings. The summed E-state index contributed by atoms with van der Waals surface area (Å²) in [6, 6.07) is 5.38. The normalized spacial score (nSPS) is 14.0. The molecule has 162 valence electrons. The summed E-state index contributed by atoms with van der Waals surface area (Å²) in [5.74, 6) is -6.88. The highest BCUT2D eigenvalue weighted by Crippen LogP contribution is 2.42. The van der Waals surface area contributed by atoms with Crippen LogP contribution in [0.25, 0.3) is 11.9 Å². The van der Waals surface area contributed by atoms with E-state index in [0.29, 0.717) is 6.08 Å². The van der Waals surface area contributed by atoms with E-state index in [4.69, 9.17) is 23.2 Å². The van der Waals surface area contributed by atoms with Gasteiger partial charge >= 0.3 is 6.18 Å². The van der Waals surface area contributed by atoms with E-state index in [1.54, 1.807) is 0 Å². The van der Waals surface area contributed by atoms with E-state index in [1.807, 2.05) is 0 Å². The largest absolute Gasteiger partial charge is 0.399 e. The molecule has 0 aliphatic rings. The second-order valence-corrected chi connectivity index (χ2v) is 7.52. The third-order valence-corrected chi connectivity index (χ3v) is 5.49. The van der Waals surface area contributed by atoms with E-state index in [0.717, 1.165) is 24.3 Å². The van der Waals surface area contributed by atoms with Crippen molar-refractivity contribution in [1.29, 1.82) is 0 Å². The number of alkyl halides is 5. The molecule has 2 rings (SSSR count). The zero-order chi connectivity index (χ0) is 22.9. The molecule has 8 heteroatoms. The lowest BCUT2D eigenvalue weighted by Gasteiger charge is -2.20. The van der Waals surface area contributed by atoms with E-state index in [1.165, 1.54) is 26.0 Å². The van der Waals surface area contributed by atoms with Crippen LogP contribution in [0.5, 0.6) is 0 Å². The van der Waals surface area contributed by atoms with Gasteiger partial charge in [-0.2, -0.15) is 13.2 Å². The summed E-state index contributed by atoms with van der Waals surface area (Å²) in [6.45, 7) is 6.16. The van der Waals surface area contributed by atoms with Crippen molar-refractivity contribution in [2.75, 3.05) is 0 Å². The van der Waals surface area contributed by atoms with Crippen LogP contribution in [0.15, 0.2) is 43.0 Å². The maximum atomic E-state index is 14.8. The first-order chi connectivity index (χ1) is 13.8. The van der Waals surface area contributed by atoms with Gasteiger partial charge in [0.15, 0.2) is 0 Å². The smallest absolute Gasteiger partial charge is 0.207 e. The zero-order valence-corrected chi connectivity index (χ0v) is 17.6. The number of benzene rings is 2. The van der Waals surface area contributed by atoms with E-state index in [-0.39, 0.29) is 32.3 Å². The molecule has 0 fully saturated rings. The predicted molar refractivity (Wildman–Crippen MR) is 110 cm³/mol. The number of halogens is 8. The summed E-state index contributed by atoms with van der Waals surface area (Å²) in [5.41, 5.74) is -0.790. The van der Waals surface area contributed by atoms with Crippen LogP contribution >= 0.6 is 23.2 Å². The SMILES string of the molecule is C=Cc1cc(C(/C=C(\F)c2ccc(C)c(C(F)(F)CC)c2)C(F)(F)F)cc(Cl)c1Cl. The monoisotopic (exact) mass is 466 g/mol. The van der Waals surface area contributed by atoms with Crippen molar-refractivity contribution in [3.05, 3.63) is 80.8 Å². The topological polar surface area (TPSA) is 0 Å². The Morgan fingerprint density at radius 1 is 1.10 bits per heavy atom. The van der Waals surface area contributed by atoms with Gasteiger partial charge in [-0.3, -0.25) is 0 Å². The molecule has 1 unspecified atom stereocenters. The molecular weight excluding hydrogens is 449 g/mol. The lowest BCUT2D eigenvalue weighted by Crippen LogP contribution is -2.19. The van der Waals surface area contributed by atoms with Crippen LogP contribution in [0.4, 0.5) is 26.3 Å². The van der Waals surface area contributed by atoms with Gasteiger partial charge in [0.05, 0.1) is 10.0 Å². The fraction of sp³-hybridized carbons (Fsp3) is 0.273. The Morgan fingerprint density at radius 2 is 1.73 bits per heavy atom. The van der Waals surface area contributed by atoms with Crippen LogP contribution in [-0.2, 0) is 5.92 Å². The van der Waals surface area contributed by atoms with Gasteiger partial charge in [0.25, 0.3) is 5.92 Å². The van der Waals surface area contributed by atoms with Gasteiger partial charge in [0.2, 0.25) is 0 Å². The summed E-state index contributed by atoms with van der Waals surface area (Å²) in [4.78, 5) is 0. The molecule has 0 amide bonds. The quantitative estimate of drug-likeness (QED) is 0.372. The minimum Gasteiger partial charge on any atom is -0.207 e. The molecule has 0 bridgehead atoms. The fourth-order valence-electron chi connectivity index (χ4n) is 2.94. The first-order valence-corrected chi connectivity index (χ1v) is 9.62. The van der Waals surface area contributed by atoms with Crippen molar-refractivity contribution in [3.63, 3.8) is 0 Å². The van der Waals surface area contributed by atoms with Gasteiger partial charge in [-0.1, -0.05) is 54.9 Å². The highest BCUT2D eigenvalue weighted by Gasteiger charge is 2.40. The standard InChI is InChI=1S/C22H18Cl2F6/c1-4-13-8-15(10-18(23)20(13)24)17(22(28,29)30)11-19(25)14-7-6-12(3)16(9-14)21(26,27)5-2/h4,6-11,17H,1,5H2,2-3H3/b19-11-. The molecule has 0 radical (unpaired) electrons. The van der Waals surface area contributed by atoms with Gasteiger partial charge in [-0.05, 0) is 47.9 Å². The minimum absolute atomic E-state index is 0.0192. The van der Waals surface area contributed by atoms with Gasteiger partial charge < -0.3 is 0 Å². The van der Waals surface area contributed by atoms with E-state index in [9.17, 15) is 26.3 Å². The maximum Gasteiger partial charge on any atom is 0.399 e. The third-order valence-electron chi connectivity index (χ3n) is 4.67. The van der Waals surface area contributed by atoms with Crippen molar-refractivity contribution >= 4 is 35.1 Å². The summed E-state index contributed by atoms with van der Waals surface area (Å²) >= 11 is 11.8. The Morgan fingerprint density at radius 3 is 2.27 bits per heavy atom. The molecule has 0 aliphatic carbocycles. The van der Waals surface area contributed by atoms with Crippen molar-refractivity contribution in [3.8, 4) is 0 Å². The molecule has 2 aromatic carbocycles. The number of allylic oxidation sites excluding steroid dienone is 1. The van der Waals surface area contributed by atoms with Gasteiger partial charge in [-0.25, -0.2) is 13.2 Å². The maximum absolute atomic E-state index is 14.8. The number of rotatable bonds is 6. The highest BCUT2D eigenvalue weighted by atomic mass is 35.5. The molecule has 0 nitrogen and oxygen atoms in total. The van der Waals surface area contributed by atoms with E-state index in [2.05, 4.69) is 6.58 Å². The van der Waals surface area contributed by atoms with Crippen molar-refractivity contribution < 1.29 is 26.3 Å². The number of hydrogen-bond donors (Lipinski definition) is 0. The Bertz CT molecular complexity index is 976. The average Bonchev–Trinajstić information content (AvgIpc) is 2.67. The van der Waals surface area contributed by atoms with Gasteiger partial charge in [0.1, 0.15) is 11.7 Å². The molecule has 0 saturated heterocycles. The van der Waals surface area contributed by atoms with E-state index < -0.39 is 35.8 Å². The second kappa shape index (κ2) is 9.06. The van der Waals surface area contributed by atoms with E-state index >= 15 is 0 Å².